The molecule has 0 spiro atoms. The molecule has 0 saturated heterocycles. The molecule has 0 atom stereocenters. The van der Waals surface area contributed by atoms with Crippen LogP contribution in [0.25, 0.3) is 10.9 Å². The molecule has 0 unspecified atom stereocenters. The molecule has 0 aliphatic heterocycles. The minimum atomic E-state index is 0.213. The molecule has 0 bridgehead atoms. The highest BCUT2D eigenvalue weighted by Crippen LogP contribution is 2.32. The number of aromatic nitrogens is 1. The van der Waals surface area contributed by atoms with E-state index in [1.807, 2.05) is 6.07 Å². The number of ketones is 1. The van der Waals surface area contributed by atoms with Crippen LogP contribution in [0.5, 0.6) is 0 Å². The van der Waals surface area contributed by atoms with Crippen LogP contribution in [-0.2, 0) is 0 Å². The third-order valence-corrected chi connectivity index (χ3v) is 3.55. The van der Waals surface area contributed by atoms with E-state index >= 15 is 0 Å². The van der Waals surface area contributed by atoms with Gasteiger partial charge in [-0.15, -0.1) is 0 Å². The summed E-state index contributed by atoms with van der Waals surface area (Å²) in [5, 5.41) is 9.75. The monoisotopic (exact) mass is 224 g/mol. The first-order valence-electron chi connectivity index (χ1n) is 5.85. The number of hydrogen-bond acceptors (Lipinski definition) is 2. The molecule has 0 amide bonds. The van der Waals surface area contributed by atoms with Crippen molar-refractivity contribution in [2.45, 2.75) is 19.3 Å². The van der Waals surface area contributed by atoms with Crippen molar-refractivity contribution in [3.63, 3.8) is 0 Å². The second-order valence-electron chi connectivity index (χ2n) is 4.57. The molecule has 84 valence electrons. The zero-order valence-corrected chi connectivity index (χ0v) is 9.36. The number of hydrogen-bond donors (Lipinski definition) is 1. The van der Waals surface area contributed by atoms with Crippen LogP contribution in [0.2, 0.25) is 0 Å². The van der Waals surface area contributed by atoms with E-state index in [4.69, 9.17) is 5.26 Å². The number of rotatable bonds is 2. The predicted molar refractivity (Wildman–Crippen MR) is 64.7 cm³/mol. The first-order valence-corrected chi connectivity index (χ1v) is 5.85. The zero-order chi connectivity index (χ0) is 11.8. The van der Waals surface area contributed by atoms with Gasteiger partial charge >= 0.3 is 0 Å². The van der Waals surface area contributed by atoms with E-state index in [0.29, 0.717) is 5.56 Å². The first-order chi connectivity index (χ1) is 8.29. The summed E-state index contributed by atoms with van der Waals surface area (Å²) < 4.78 is 0. The lowest BCUT2D eigenvalue weighted by Gasteiger charge is -2.23. The number of fused-ring (bicyclic) bond motifs is 1. The molecule has 1 aliphatic rings. The number of carbonyl (C=O) groups excluding carboxylic acids is 1. The van der Waals surface area contributed by atoms with Gasteiger partial charge in [0.15, 0.2) is 5.78 Å². The van der Waals surface area contributed by atoms with Crippen LogP contribution in [0, 0.1) is 17.2 Å². The second-order valence-corrected chi connectivity index (χ2v) is 4.57. The third kappa shape index (κ3) is 1.53. The molecule has 1 fully saturated rings. The quantitative estimate of drug-likeness (QED) is 0.797. The van der Waals surface area contributed by atoms with Crippen LogP contribution in [0.4, 0.5) is 0 Å². The molecule has 0 radical (unpaired) electrons. The summed E-state index contributed by atoms with van der Waals surface area (Å²) in [7, 11) is 0. The molecular weight excluding hydrogens is 212 g/mol. The van der Waals surface area contributed by atoms with E-state index in [-0.39, 0.29) is 11.7 Å². The summed E-state index contributed by atoms with van der Waals surface area (Å²) in [6, 6.07) is 7.50. The Morgan fingerprint density at radius 2 is 2.24 bits per heavy atom. The molecule has 1 N–H and O–H groups in total. The van der Waals surface area contributed by atoms with Gasteiger partial charge in [-0.05, 0) is 25.0 Å². The Balaban J connectivity index is 2.06. The van der Waals surface area contributed by atoms with Crippen LogP contribution >= 0.6 is 0 Å². The van der Waals surface area contributed by atoms with Gasteiger partial charge < -0.3 is 4.98 Å². The van der Waals surface area contributed by atoms with Crippen molar-refractivity contribution in [2.24, 2.45) is 5.92 Å². The lowest BCUT2D eigenvalue weighted by molar-refractivity contribution is 0.0857. The Morgan fingerprint density at radius 3 is 2.88 bits per heavy atom. The smallest absolute Gasteiger partial charge is 0.168 e. The highest BCUT2D eigenvalue weighted by atomic mass is 16.1. The van der Waals surface area contributed by atoms with Crippen molar-refractivity contribution in [2.75, 3.05) is 0 Å². The van der Waals surface area contributed by atoms with Gasteiger partial charge in [-0.2, -0.15) is 5.26 Å². The molecule has 1 heterocycles. The third-order valence-electron chi connectivity index (χ3n) is 3.55. The summed E-state index contributed by atoms with van der Waals surface area (Å²) >= 11 is 0. The van der Waals surface area contributed by atoms with Gasteiger partial charge in [0.2, 0.25) is 0 Å². The van der Waals surface area contributed by atoms with Gasteiger partial charge in [-0.1, -0.05) is 12.5 Å². The van der Waals surface area contributed by atoms with Crippen LogP contribution in [0.3, 0.4) is 0 Å². The molecule has 3 nitrogen and oxygen atoms in total. The second kappa shape index (κ2) is 3.74. The van der Waals surface area contributed by atoms with Gasteiger partial charge in [0, 0.05) is 28.6 Å². The lowest BCUT2D eigenvalue weighted by Crippen LogP contribution is -2.21. The Hall–Kier alpha value is -2.08. The van der Waals surface area contributed by atoms with Gasteiger partial charge in [0.1, 0.15) is 0 Å². The van der Waals surface area contributed by atoms with Crippen molar-refractivity contribution in [1.82, 2.24) is 4.98 Å². The van der Waals surface area contributed by atoms with Crippen LogP contribution < -0.4 is 0 Å². The van der Waals surface area contributed by atoms with Crippen molar-refractivity contribution in [1.29, 1.82) is 5.26 Å². The van der Waals surface area contributed by atoms with Crippen LogP contribution in [-0.4, -0.2) is 10.8 Å². The Morgan fingerprint density at radius 1 is 1.41 bits per heavy atom. The maximum atomic E-state index is 12.2. The molecule has 1 aromatic heterocycles. The molecule has 17 heavy (non-hydrogen) atoms. The summed E-state index contributed by atoms with van der Waals surface area (Å²) in [5.41, 5.74) is 2.25. The number of Topliss-reactive ketones (excluding diaryl/α,β-unsaturated/α-hetero) is 1. The first kappa shape index (κ1) is 10.1. The number of benzene rings is 1. The van der Waals surface area contributed by atoms with Crippen molar-refractivity contribution in [3.05, 3.63) is 35.5 Å². The fourth-order valence-corrected chi connectivity index (χ4v) is 2.29. The number of carbonyl (C=O) groups is 1. The van der Waals surface area contributed by atoms with Crippen molar-refractivity contribution < 1.29 is 4.79 Å². The average Bonchev–Trinajstić information content (AvgIpc) is 2.68. The summed E-state index contributed by atoms with van der Waals surface area (Å²) in [6.07, 6.45) is 4.97. The number of aromatic amines is 1. The van der Waals surface area contributed by atoms with E-state index in [9.17, 15) is 4.79 Å². The maximum absolute atomic E-state index is 12.2. The minimum absolute atomic E-state index is 0.213. The largest absolute Gasteiger partial charge is 0.360 e. The lowest BCUT2D eigenvalue weighted by atomic mass is 9.80. The predicted octanol–water partition coefficient (Wildman–Crippen LogP) is 3.02. The van der Waals surface area contributed by atoms with Crippen LogP contribution in [0.15, 0.2) is 24.4 Å². The Bertz CT molecular complexity index is 629. The molecule has 3 rings (SSSR count). The fraction of sp³-hybridized carbons (Fsp3) is 0.286. The van der Waals surface area contributed by atoms with E-state index in [1.165, 1.54) is 0 Å². The number of nitrogens with zero attached hydrogens (tertiary/aromatic N) is 1. The van der Waals surface area contributed by atoms with Crippen molar-refractivity contribution in [3.8, 4) is 6.07 Å². The van der Waals surface area contributed by atoms with E-state index in [1.54, 1.807) is 18.3 Å². The van der Waals surface area contributed by atoms with E-state index in [2.05, 4.69) is 11.1 Å². The Labute approximate surface area is 99.1 Å². The summed E-state index contributed by atoms with van der Waals surface area (Å²) in [6.45, 7) is 0. The zero-order valence-electron chi connectivity index (χ0n) is 9.36. The molecule has 3 heteroatoms. The molecule has 1 aliphatic carbocycles. The topological polar surface area (TPSA) is 56.6 Å². The minimum Gasteiger partial charge on any atom is -0.360 e. The van der Waals surface area contributed by atoms with E-state index in [0.717, 1.165) is 35.7 Å². The van der Waals surface area contributed by atoms with Gasteiger partial charge in [0.25, 0.3) is 0 Å². The SMILES string of the molecule is N#Cc1ccc2c(C(=O)C3CCC3)c[nH]c2c1. The number of nitrogens with one attached hydrogen (secondary N) is 1. The van der Waals surface area contributed by atoms with Gasteiger partial charge in [-0.25, -0.2) is 0 Å². The standard InChI is InChI=1S/C14H12N2O/c15-7-9-4-5-11-12(8-16-13(11)6-9)14(17)10-2-1-3-10/h4-6,8,10,16H,1-3H2. The fourth-order valence-electron chi connectivity index (χ4n) is 2.29. The normalized spacial score (nSPS) is 15.5. The van der Waals surface area contributed by atoms with Crippen molar-refractivity contribution >= 4 is 16.7 Å². The molecule has 1 saturated carbocycles. The number of nitriles is 1. The highest BCUT2D eigenvalue weighted by Gasteiger charge is 2.27. The maximum Gasteiger partial charge on any atom is 0.168 e. The number of H-pyrrole nitrogens is 1. The Kier molecular flexibility index (Phi) is 2.22. The van der Waals surface area contributed by atoms with Gasteiger partial charge in [0.05, 0.1) is 11.6 Å². The van der Waals surface area contributed by atoms with Gasteiger partial charge in [-0.3, -0.25) is 4.79 Å². The summed E-state index contributed by atoms with van der Waals surface area (Å²) in [5.74, 6) is 0.455. The molecule has 1 aromatic carbocycles. The van der Waals surface area contributed by atoms with Crippen LogP contribution in [0.1, 0.15) is 35.2 Å². The summed E-state index contributed by atoms with van der Waals surface area (Å²) in [4.78, 5) is 15.2. The molecule has 2 aromatic rings. The van der Waals surface area contributed by atoms with E-state index < -0.39 is 0 Å². The average molecular weight is 224 g/mol. The highest BCUT2D eigenvalue weighted by molar-refractivity contribution is 6.09. The molecular formula is C14H12N2O.